The first-order valence-electron chi connectivity index (χ1n) is 10.7. The molecule has 27 heavy (non-hydrogen) atoms. The second-order valence-corrected chi connectivity index (χ2v) is 8.58. The molecule has 0 spiro atoms. The molecule has 2 aliphatic carbocycles. The van der Waals surface area contributed by atoms with Gasteiger partial charge in [0.1, 0.15) is 0 Å². The number of guanidine groups is 1. The smallest absolute Gasteiger partial charge is 0.191 e. The first-order valence-corrected chi connectivity index (χ1v) is 10.7. The molecule has 0 unspecified atom stereocenters. The quantitative estimate of drug-likeness (QED) is 0.288. The van der Waals surface area contributed by atoms with Gasteiger partial charge in [-0.25, -0.2) is 0 Å². The van der Waals surface area contributed by atoms with Crippen LogP contribution in [0.5, 0.6) is 0 Å². The summed E-state index contributed by atoms with van der Waals surface area (Å²) in [5.74, 6) is 0.861. The van der Waals surface area contributed by atoms with Crippen molar-refractivity contribution in [3.05, 3.63) is 0 Å². The number of rotatable bonds is 7. The fraction of sp³-hybridized carbons (Fsp3) is 0.950. The van der Waals surface area contributed by atoms with Crippen LogP contribution in [0.3, 0.4) is 0 Å². The van der Waals surface area contributed by atoms with Crippen LogP contribution in [0, 0.1) is 5.41 Å². The second kappa shape index (κ2) is 11.2. The van der Waals surface area contributed by atoms with E-state index in [1.54, 1.807) is 0 Å². The van der Waals surface area contributed by atoms with Gasteiger partial charge in [-0.15, -0.1) is 24.0 Å². The summed E-state index contributed by atoms with van der Waals surface area (Å²) in [6.07, 6.45) is 9.50. The molecule has 0 aromatic rings. The van der Waals surface area contributed by atoms with Gasteiger partial charge in [-0.05, 0) is 39.0 Å². The minimum Gasteiger partial charge on any atom is -0.388 e. The molecule has 7 heteroatoms. The predicted molar refractivity (Wildman–Crippen MR) is 121 cm³/mol. The van der Waals surface area contributed by atoms with Crippen LogP contribution in [0.2, 0.25) is 0 Å². The summed E-state index contributed by atoms with van der Waals surface area (Å²) < 4.78 is 5.52. The molecule has 3 aliphatic rings. The molecule has 3 N–H and O–H groups in total. The van der Waals surface area contributed by atoms with Gasteiger partial charge in [0, 0.05) is 44.7 Å². The maximum Gasteiger partial charge on any atom is 0.191 e. The fourth-order valence-corrected chi connectivity index (χ4v) is 4.50. The summed E-state index contributed by atoms with van der Waals surface area (Å²) in [6, 6.07) is 0. The predicted octanol–water partition coefficient (Wildman–Crippen LogP) is 2.36. The van der Waals surface area contributed by atoms with Gasteiger partial charge >= 0.3 is 0 Å². The molecule has 0 aromatic heterocycles. The highest BCUT2D eigenvalue weighted by Crippen LogP contribution is 2.37. The summed E-state index contributed by atoms with van der Waals surface area (Å²) in [5.41, 5.74) is -0.224. The highest BCUT2D eigenvalue weighted by Gasteiger charge is 2.36. The lowest BCUT2D eigenvalue weighted by Crippen LogP contribution is -2.51. The van der Waals surface area contributed by atoms with Gasteiger partial charge in [0.05, 0.1) is 18.8 Å². The standard InChI is InChI=1S/C20H38N4O2.HI/c1-2-21-18(23-16-20(25)9-6-10-20)22-15-19(7-4-3-5-8-19)17-24-11-13-26-14-12-24;/h25H,2-17H2,1H3,(H2,21,22,23);1H. The van der Waals surface area contributed by atoms with Crippen LogP contribution in [-0.4, -0.2) is 74.0 Å². The van der Waals surface area contributed by atoms with Crippen LogP contribution >= 0.6 is 24.0 Å². The van der Waals surface area contributed by atoms with Crippen molar-refractivity contribution in [3.8, 4) is 0 Å². The normalized spacial score (nSPS) is 25.2. The molecule has 1 aliphatic heterocycles. The van der Waals surface area contributed by atoms with Crippen molar-refractivity contribution in [2.45, 2.75) is 63.9 Å². The van der Waals surface area contributed by atoms with Gasteiger partial charge in [0.2, 0.25) is 0 Å². The Bertz CT molecular complexity index is 459. The largest absolute Gasteiger partial charge is 0.388 e. The third-order valence-corrected chi connectivity index (χ3v) is 6.36. The zero-order valence-electron chi connectivity index (χ0n) is 17.0. The number of aliphatic hydroxyl groups is 1. The molecule has 3 rings (SSSR count). The summed E-state index contributed by atoms with van der Waals surface area (Å²) >= 11 is 0. The van der Waals surface area contributed by atoms with E-state index in [-0.39, 0.29) is 24.0 Å². The Hall–Kier alpha value is -0.120. The monoisotopic (exact) mass is 494 g/mol. The molecule has 0 radical (unpaired) electrons. The van der Waals surface area contributed by atoms with E-state index in [9.17, 15) is 5.11 Å². The van der Waals surface area contributed by atoms with Crippen molar-refractivity contribution in [1.82, 2.24) is 15.5 Å². The zero-order chi connectivity index (χ0) is 18.3. The van der Waals surface area contributed by atoms with Crippen molar-refractivity contribution in [1.29, 1.82) is 0 Å². The summed E-state index contributed by atoms with van der Waals surface area (Å²) in [4.78, 5) is 7.53. The highest BCUT2D eigenvalue weighted by atomic mass is 127. The van der Waals surface area contributed by atoms with E-state index >= 15 is 0 Å². The van der Waals surface area contributed by atoms with Crippen LogP contribution in [0.15, 0.2) is 4.99 Å². The maximum absolute atomic E-state index is 10.3. The number of halogens is 1. The number of aliphatic imine (C=N–C) groups is 1. The number of nitrogens with zero attached hydrogens (tertiary/aromatic N) is 2. The number of ether oxygens (including phenoxy) is 1. The van der Waals surface area contributed by atoms with Crippen LogP contribution in [0.25, 0.3) is 0 Å². The Morgan fingerprint density at radius 1 is 1.04 bits per heavy atom. The van der Waals surface area contributed by atoms with Crippen molar-refractivity contribution in [2.75, 3.05) is 52.5 Å². The maximum atomic E-state index is 10.3. The lowest BCUT2D eigenvalue weighted by Gasteiger charge is -2.41. The number of morpholine rings is 1. The van der Waals surface area contributed by atoms with Crippen LogP contribution < -0.4 is 10.6 Å². The van der Waals surface area contributed by atoms with Crippen molar-refractivity contribution in [3.63, 3.8) is 0 Å². The first-order chi connectivity index (χ1) is 12.6. The van der Waals surface area contributed by atoms with E-state index in [1.165, 1.54) is 32.1 Å². The minimum atomic E-state index is -0.521. The second-order valence-electron chi connectivity index (χ2n) is 8.58. The Morgan fingerprint density at radius 2 is 1.74 bits per heavy atom. The van der Waals surface area contributed by atoms with E-state index in [2.05, 4.69) is 22.5 Å². The Balaban J connectivity index is 0.00000261. The van der Waals surface area contributed by atoms with E-state index in [0.717, 1.165) is 71.2 Å². The summed E-state index contributed by atoms with van der Waals surface area (Å²) in [5, 5.41) is 17.1. The van der Waals surface area contributed by atoms with E-state index in [1.807, 2.05) is 0 Å². The molecular formula is C20H39IN4O2. The molecular weight excluding hydrogens is 455 g/mol. The van der Waals surface area contributed by atoms with E-state index in [4.69, 9.17) is 9.73 Å². The lowest BCUT2D eigenvalue weighted by molar-refractivity contribution is -0.0279. The van der Waals surface area contributed by atoms with E-state index < -0.39 is 5.60 Å². The molecule has 0 bridgehead atoms. The molecule has 0 aromatic carbocycles. The molecule has 0 amide bonds. The highest BCUT2D eigenvalue weighted by molar-refractivity contribution is 14.0. The summed E-state index contributed by atoms with van der Waals surface area (Å²) in [7, 11) is 0. The van der Waals surface area contributed by atoms with Gasteiger partial charge in [-0.3, -0.25) is 9.89 Å². The van der Waals surface area contributed by atoms with Gasteiger partial charge in [0.15, 0.2) is 5.96 Å². The number of hydrogen-bond acceptors (Lipinski definition) is 4. The minimum absolute atomic E-state index is 0. The van der Waals surface area contributed by atoms with Crippen molar-refractivity contribution >= 4 is 29.9 Å². The molecule has 158 valence electrons. The van der Waals surface area contributed by atoms with Crippen LogP contribution in [0.4, 0.5) is 0 Å². The SMILES string of the molecule is CCNC(=NCC1(CN2CCOCC2)CCCCC1)NCC1(O)CCC1.I. The third kappa shape index (κ3) is 7.01. The summed E-state index contributed by atoms with van der Waals surface area (Å²) in [6.45, 7) is 9.40. The lowest BCUT2D eigenvalue weighted by atomic mass is 9.73. The van der Waals surface area contributed by atoms with E-state index in [0.29, 0.717) is 12.0 Å². The molecule has 0 atom stereocenters. The van der Waals surface area contributed by atoms with Gasteiger partial charge in [0.25, 0.3) is 0 Å². The number of nitrogens with one attached hydrogen (secondary N) is 2. The van der Waals surface area contributed by atoms with Crippen LogP contribution in [0.1, 0.15) is 58.3 Å². The molecule has 1 saturated heterocycles. The zero-order valence-corrected chi connectivity index (χ0v) is 19.3. The van der Waals surface area contributed by atoms with Crippen LogP contribution in [-0.2, 0) is 4.74 Å². The topological polar surface area (TPSA) is 69.1 Å². The third-order valence-electron chi connectivity index (χ3n) is 6.36. The Morgan fingerprint density at radius 3 is 2.33 bits per heavy atom. The Labute approximate surface area is 181 Å². The molecule has 2 saturated carbocycles. The van der Waals surface area contributed by atoms with Gasteiger partial charge < -0.3 is 20.5 Å². The molecule has 1 heterocycles. The van der Waals surface area contributed by atoms with Gasteiger partial charge in [-0.1, -0.05) is 19.3 Å². The Kier molecular flexibility index (Phi) is 9.58. The average Bonchev–Trinajstić information content (AvgIpc) is 2.64. The van der Waals surface area contributed by atoms with Crippen molar-refractivity contribution < 1.29 is 9.84 Å². The molecule has 3 fully saturated rings. The average molecular weight is 494 g/mol. The fourth-order valence-electron chi connectivity index (χ4n) is 4.50. The first kappa shape index (κ1) is 23.2. The molecule has 6 nitrogen and oxygen atoms in total. The number of hydrogen-bond donors (Lipinski definition) is 3. The van der Waals surface area contributed by atoms with Gasteiger partial charge in [-0.2, -0.15) is 0 Å². The van der Waals surface area contributed by atoms with Crippen molar-refractivity contribution in [2.24, 2.45) is 10.4 Å².